The fourth-order valence-electron chi connectivity index (χ4n) is 2.47. The molecule has 0 aliphatic carbocycles. The van der Waals surface area contributed by atoms with E-state index in [0.717, 1.165) is 31.6 Å². The number of hydrogen-bond donors (Lipinski definition) is 1. The topological polar surface area (TPSA) is 43.0 Å². The van der Waals surface area contributed by atoms with Gasteiger partial charge in [0.1, 0.15) is 5.76 Å². The monoisotopic (exact) mass is 261 g/mol. The molecule has 4 nitrogen and oxygen atoms in total. The SMILES string of the molecule is CCNC(CCc1cnn(C)c1)c1ccoc1CC. The first-order valence-electron chi connectivity index (χ1n) is 7.01. The molecule has 0 aliphatic heterocycles. The molecule has 0 bridgehead atoms. The summed E-state index contributed by atoms with van der Waals surface area (Å²) in [4.78, 5) is 0. The molecule has 0 amide bonds. The Bertz CT molecular complexity index is 501. The fourth-order valence-corrected chi connectivity index (χ4v) is 2.47. The number of furan rings is 1. The van der Waals surface area contributed by atoms with Crippen LogP contribution in [0.25, 0.3) is 0 Å². The van der Waals surface area contributed by atoms with E-state index in [4.69, 9.17) is 4.42 Å². The molecule has 1 unspecified atom stereocenters. The van der Waals surface area contributed by atoms with Gasteiger partial charge in [0.15, 0.2) is 0 Å². The summed E-state index contributed by atoms with van der Waals surface area (Å²) in [5.41, 5.74) is 2.58. The average molecular weight is 261 g/mol. The van der Waals surface area contributed by atoms with Gasteiger partial charge < -0.3 is 9.73 Å². The summed E-state index contributed by atoms with van der Waals surface area (Å²) in [5.74, 6) is 1.09. The molecule has 0 aliphatic rings. The van der Waals surface area contributed by atoms with E-state index in [0.29, 0.717) is 6.04 Å². The molecule has 2 heterocycles. The first-order chi connectivity index (χ1) is 9.24. The summed E-state index contributed by atoms with van der Waals surface area (Å²) in [5, 5.41) is 7.76. The van der Waals surface area contributed by atoms with Crippen LogP contribution in [0.2, 0.25) is 0 Å². The van der Waals surface area contributed by atoms with E-state index in [1.807, 2.05) is 17.9 Å². The van der Waals surface area contributed by atoms with Crippen LogP contribution in [0.1, 0.15) is 43.2 Å². The molecule has 4 heteroatoms. The molecule has 19 heavy (non-hydrogen) atoms. The highest BCUT2D eigenvalue weighted by Gasteiger charge is 2.16. The molecule has 2 aromatic heterocycles. The minimum atomic E-state index is 0.360. The normalized spacial score (nSPS) is 12.8. The van der Waals surface area contributed by atoms with Crippen molar-refractivity contribution in [2.45, 2.75) is 39.2 Å². The van der Waals surface area contributed by atoms with Crippen molar-refractivity contribution < 1.29 is 4.42 Å². The summed E-state index contributed by atoms with van der Waals surface area (Å²) in [6.45, 7) is 5.24. The molecule has 2 rings (SSSR count). The predicted octanol–water partition coefficient (Wildman–Crippen LogP) is 2.86. The lowest BCUT2D eigenvalue weighted by Gasteiger charge is -2.17. The van der Waals surface area contributed by atoms with Gasteiger partial charge in [0.2, 0.25) is 0 Å². The van der Waals surface area contributed by atoms with Crippen molar-refractivity contribution in [3.63, 3.8) is 0 Å². The van der Waals surface area contributed by atoms with Crippen LogP contribution in [0.15, 0.2) is 29.1 Å². The second kappa shape index (κ2) is 6.57. The molecule has 1 atom stereocenters. The number of rotatable bonds is 7. The van der Waals surface area contributed by atoms with Crippen molar-refractivity contribution in [1.29, 1.82) is 0 Å². The van der Waals surface area contributed by atoms with Crippen LogP contribution in [-0.2, 0) is 19.9 Å². The van der Waals surface area contributed by atoms with Crippen LogP contribution in [0.3, 0.4) is 0 Å². The lowest BCUT2D eigenvalue weighted by atomic mass is 9.99. The third kappa shape index (κ3) is 3.47. The van der Waals surface area contributed by atoms with Crippen LogP contribution >= 0.6 is 0 Å². The van der Waals surface area contributed by atoms with Gasteiger partial charge in [-0.05, 0) is 31.0 Å². The molecule has 1 N–H and O–H groups in total. The lowest BCUT2D eigenvalue weighted by molar-refractivity contribution is 0.475. The van der Waals surface area contributed by atoms with Crippen molar-refractivity contribution in [3.8, 4) is 0 Å². The van der Waals surface area contributed by atoms with E-state index < -0.39 is 0 Å². The molecule has 0 radical (unpaired) electrons. The third-order valence-electron chi connectivity index (χ3n) is 3.41. The Kier molecular flexibility index (Phi) is 4.80. The van der Waals surface area contributed by atoms with Crippen LogP contribution in [0, 0.1) is 0 Å². The number of hydrogen-bond acceptors (Lipinski definition) is 3. The highest BCUT2D eigenvalue weighted by atomic mass is 16.3. The van der Waals surface area contributed by atoms with E-state index in [-0.39, 0.29) is 0 Å². The van der Waals surface area contributed by atoms with Crippen LogP contribution in [0.5, 0.6) is 0 Å². The number of nitrogens with zero attached hydrogens (tertiary/aromatic N) is 2. The largest absolute Gasteiger partial charge is 0.469 e. The standard InChI is InChI=1S/C15H23N3O/c1-4-15-13(8-9-19-15)14(16-5-2)7-6-12-10-17-18(3)11-12/h8-11,14,16H,4-7H2,1-3H3. The number of aryl methyl sites for hydroxylation is 3. The average Bonchev–Trinajstić information content (AvgIpc) is 3.03. The summed E-state index contributed by atoms with van der Waals surface area (Å²) in [7, 11) is 1.95. The second-order valence-corrected chi connectivity index (χ2v) is 4.82. The maximum absolute atomic E-state index is 5.54. The molecule has 0 saturated carbocycles. The van der Waals surface area contributed by atoms with Crippen molar-refractivity contribution in [2.24, 2.45) is 7.05 Å². The van der Waals surface area contributed by atoms with Crippen LogP contribution in [-0.4, -0.2) is 16.3 Å². The Hall–Kier alpha value is -1.55. The summed E-state index contributed by atoms with van der Waals surface area (Å²) in [6, 6.07) is 2.45. The maximum atomic E-state index is 5.54. The number of aromatic nitrogens is 2. The molecule has 2 aromatic rings. The first kappa shape index (κ1) is 13.9. The minimum Gasteiger partial charge on any atom is -0.469 e. The molecule has 104 valence electrons. The molecular weight excluding hydrogens is 238 g/mol. The van der Waals surface area contributed by atoms with Crippen LogP contribution < -0.4 is 5.32 Å². The number of nitrogens with one attached hydrogen (secondary N) is 1. The van der Waals surface area contributed by atoms with Gasteiger partial charge in [0.25, 0.3) is 0 Å². The van der Waals surface area contributed by atoms with E-state index >= 15 is 0 Å². The van der Waals surface area contributed by atoms with E-state index in [2.05, 4.69) is 36.5 Å². The molecule has 0 aromatic carbocycles. The van der Waals surface area contributed by atoms with Gasteiger partial charge in [-0.1, -0.05) is 13.8 Å². The predicted molar refractivity (Wildman–Crippen MR) is 76.0 cm³/mol. The second-order valence-electron chi connectivity index (χ2n) is 4.82. The van der Waals surface area contributed by atoms with Crippen molar-refractivity contribution in [2.75, 3.05) is 6.54 Å². The van der Waals surface area contributed by atoms with Gasteiger partial charge >= 0.3 is 0 Å². The zero-order valence-corrected chi connectivity index (χ0v) is 12.0. The summed E-state index contributed by atoms with van der Waals surface area (Å²) >= 11 is 0. The van der Waals surface area contributed by atoms with Gasteiger partial charge in [-0.15, -0.1) is 0 Å². The highest BCUT2D eigenvalue weighted by Crippen LogP contribution is 2.24. The molecule has 0 spiro atoms. The van der Waals surface area contributed by atoms with Crippen LogP contribution in [0.4, 0.5) is 0 Å². The summed E-state index contributed by atoms with van der Waals surface area (Å²) < 4.78 is 7.39. The van der Waals surface area contributed by atoms with Gasteiger partial charge in [-0.2, -0.15) is 5.10 Å². The van der Waals surface area contributed by atoms with Gasteiger partial charge in [0, 0.05) is 31.3 Å². The smallest absolute Gasteiger partial charge is 0.108 e. The van der Waals surface area contributed by atoms with E-state index in [1.54, 1.807) is 6.26 Å². The fraction of sp³-hybridized carbons (Fsp3) is 0.533. The van der Waals surface area contributed by atoms with E-state index in [1.165, 1.54) is 11.1 Å². The Morgan fingerprint density at radius 1 is 1.42 bits per heavy atom. The summed E-state index contributed by atoms with van der Waals surface area (Å²) in [6.07, 6.45) is 8.85. The Balaban J connectivity index is 2.03. The zero-order valence-electron chi connectivity index (χ0n) is 12.0. The lowest BCUT2D eigenvalue weighted by Crippen LogP contribution is -2.22. The van der Waals surface area contributed by atoms with E-state index in [9.17, 15) is 0 Å². The van der Waals surface area contributed by atoms with Gasteiger partial charge in [-0.25, -0.2) is 0 Å². The van der Waals surface area contributed by atoms with Crippen molar-refractivity contribution in [3.05, 3.63) is 41.6 Å². The highest BCUT2D eigenvalue weighted by molar-refractivity contribution is 5.22. The van der Waals surface area contributed by atoms with Crippen molar-refractivity contribution in [1.82, 2.24) is 15.1 Å². The molecular formula is C15H23N3O. The Morgan fingerprint density at radius 2 is 2.26 bits per heavy atom. The minimum absolute atomic E-state index is 0.360. The van der Waals surface area contributed by atoms with Crippen molar-refractivity contribution >= 4 is 0 Å². The van der Waals surface area contributed by atoms with Gasteiger partial charge in [0.05, 0.1) is 12.5 Å². The molecule has 0 saturated heterocycles. The Morgan fingerprint density at radius 3 is 2.89 bits per heavy atom. The molecule has 0 fully saturated rings. The first-order valence-corrected chi connectivity index (χ1v) is 7.01. The van der Waals surface area contributed by atoms with Gasteiger partial charge in [-0.3, -0.25) is 4.68 Å². The quantitative estimate of drug-likeness (QED) is 0.833. The third-order valence-corrected chi connectivity index (χ3v) is 3.41. The zero-order chi connectivity index (χ0) is 13.7. The maximum Gasteiger partial charge on any atom is 0.108 e. The Labute approximate surface area is 114 Å².